The number of halogens is 2. The Balaban J connectivity index is 0. The molecule has 1 rings (SSSR count). The summed E-state index contributed by atoms with van der Waals surface area (Å²) in [6, 6.07) is 7.33. The Labute approximate surface area is 204 Å². The van der Waals surface area contributed by atoms with Crippen molar-refractivity contribution < 1.29 is 66.5 Å². The van der Waals surface area contributed by atoms with Crippen LogP contribution in [0.5, 0.6) is 0 Å². The number of likely N-dealkylation sites (N-methyl/N-ethyl adjacent to an activating group) is 2. The number of carbonyl (C=O) groups excluding carboxylic acids is 2. The first-order chi connectivity index (χ1) is 12.2. The van der Waals surface area contributed by atoms with Crippen molar-refractivity contribution in [1.82, 2.24) is 0 Å². The minimum Gasteiger partial charge on any atom is -1.00 e. The first-order valence-electron chi connectivity index (χ1n) is 9.56. The number of nitrogens with zero attached hydrogens (tertiary/aromatic N) is 2. The Morgan fingerprint density at radius 1 is 0.750 bits per heavy atom. The van der Waals surface area contributed by atoms with Gasteiger partial charge in [0.15, 0.2) is 13.1 Å². The second-order valence-electron chi connectivity index (χ2n) is 7.50. The van der Waals surface area contributed by atoms with Gasteiger partial charge in [-0.2, -0.15) is 0 Å². The molecule has 0 saturated carbocycles. The number of amides is 2. The maximum Gasteiger partial charge on any atom is 0.279 e. The SMILES string of the molecule is CC[N+](C)(CC)CC(=O)Nc1cccc(NC(=O)C[N+](C)(CC)CC)c1.[I-].[I-]. The molecule has 8 heteroatoms. The number of quaternary nitrogens is 2. The Morgan fingerprint density at radius 2 is 1.07 bits per heavy atom. The van der Waals surface area contributed by atoms with Crippen molar-refractivity contribution in [2.75, 3.05) is 64.0 Å². The van der Waals surface area contributed by atoms with Gasteiger partial charge in [-0.1, -0.05) is 6.07 Å². The van der Waals surface area contributed by atoms with E-state index in [1.807, 2.05) is 18.2 Å². The van der Waals surface area contributed by atoms with Gasteiger partial charge in [0.1, 0.15) is 0 Å². The maximum atomic E-state index is 12.3. The van der Waals surface area contributed by atoms with Crippen molar-refractivity contribution in [2.24, 2.45) is 0 Å². The molecule has 0 spiro atoms. The molecule has 0 unspecified atom stereocenters. The number of rotatable bonds is 10. The summed E-state index contributed by atoms with van der Waals surface area (Å²) in [4.78, 5) is 24.7. The lowest BCUT2D eigenvalue weighted by molar-refractivity contribution is -0.898. The summed E-state index contributed by atoms with van der Waals surface area (Å²) >= 11 is 0. The van der Waals surface area contributed by atoms with E-state index in [1.54, 1.807) is 6.07 Å². The number of nitrogens with one attached hydrogen (secondary N) is 2. The average Bonchev–Trinajstić information content (AvgIpc) is 2.61. The molecule has 162 valence electrons. The molecule has 0 saturated heterocycles. The quantitative estimate of drug-likeness (QED) is 0.212. The van der Waals surface area contributed by atoms with Crippen molar-refractivity contribution in [1.29, 1.82) is 0 Å². The van der Waals surface area contributed by atoms with Crippen LogP contribution in [-0.2, 0) is 9.59 Å². The Hall–Kier alpha value is -0.460. The standard InChI is InChI=1S/C20H34N4O2.2HI/c1-7-23(5,8-2)15-19(25)21-17-12-11-13-18(14-17)22-20(26)16-24(6,9-3)10-4;;/h11-14H,7-10,15-16H2,1-6H3;2*1H. The van der Waals surface area contributed by atoms with Gasteiger partial charge in [0.25, 0.3) is 11.8 Å². The third-order valence-corrected chi connectivity index (χ3v) is 5.53. The number of benzene rings is 1. The highest BCUT2D eigenvalue weighted by Crippen LogP contribution is 2.16. The molecule has 0 heterocycles. The summed E-state index contributed by atoms with van der Waals surface area (Å²) in [6.45, 7) is 12.9. The van der Waals surface area contributed by atoms with Crippen molar-refractivity contribution in [3.63, 3.8) is 0 Å². The molecule has 1 aromatic rings. The smallest absolute Gasteiger partial charge is 0.279 e. The summed E-state index contributed by atoms with van der Waals surface area (Å²) in [6.07, 6.45) is 0. The molecule has 0 fully saturated rings. The predicted molar refractivity (Wildman–Crippen MR) is 108 cm³/mol. The Kier molecular flexibility index (Phi) is 14.6. The molecule has 0 aliphatic rings. The van der Waals surface area contributed by atoms with Gasteiger partial charge in [0, 0.05) is 11.4 Å². The predicted octanol–water partition coefficient (Wildman–Crippen LogP) is -3.46. The van der Waals surface area contributed by atoms with Gasteiger partial charge in [-0.3, -0.25) is 9.59 Å². The van der Waals surface area contributed by atoms with Crippen LogP contribution in [0.1, 0.15) is 27.7 Å². The molecule has 0 aromatic heterocycles. The second kappa shape index (κ2) is 13.7. The van der Waals surface area contributed by atoms with Crippen molar-refractivity contribution >= 4 is 23.2 Å². The molecule has 0 atom stereocenters. The summed E-state index contributed by atoms with van der Waals surface area (Å²) in [5.74, 6) is -0.0261. The summed E-state index contributed by atoms with van der Waals surface area (Å²) in [5.41, 5.74) is 1.41. The fourth-order valence-corrected chi connectivity index (χ4v) is 2.66. The Morgan fingerprint density at radius 3 is 1.36 bits per heavy atom. The van der Waals surface area contributed by atoms with Gasteiger partial charge in [0.2, 0.25) is 0 Å². The first kappa shape index (κ1) is 29.7. The van der Waals surface area contributed by atoms with Gasteiger partial charge in [0.05, 0.1) is 40.3 Å². The Bertz CT molecular complexity index is 569. The van der Waals surface area contributed by atoms with Crippen LogP contribution in [0.15, 0.2) is 24.3 Å². The van der Waals surface area contributed by atoms with Gasteiger partial charge in [-0.15, -0.1) is 0 Å². The maximum absolute atomic E-state index is 12.3. The van der Waals surface area contributed by atoms with E-state index < -0.39 is 0 Å². The van der Waals surface area contributed by atoms with Gasteiger partial charge in [-0.25, -0.2) is 0 Å². The van der Waals surface area contributed by atoms with E-state index in [1.165, 1.54) is 0 Å². The van der Waals surface area contributed by atoms with Crippen LogP contribution in [0.4, 0.5) is 11.4 Å². The molecule has 0 aliphatic carbocycles. The topological polar surface area (TPSA) is 58.2 Å². The van der Waals surface area contributed by atoms with Crippen LogP contribution < -0.4 is 58.6 Å². The van der Waals surface area contributed by atoms with Crippen LogP contribution in [0.2, 0.25) is 0 Å². The molecule has 1 aromatic carbocycles. The highest BCUT2D eigenvalue weighted by molar-refractivity contribution is 5.94. The summed E-state index contributed by atoms with van der Waals surface area (Å²) < 4.78 is 1.40. The second-order valence-corrected chi connectivity index (χ2v) is 7.50. The van der Waals surface area contributed by atoms with Crippen molar-refractivity contribution in [3.8, 4) is 0 Å². The highest BCUT2D eigenvalue weighted by Gasteiger charge is 2.22. The zero-order chi connectivity index (χ0) is 19.8. The van der Waals surface area contributed by atoms with E-state index in [0.29, 0.717) is 33.4 Å². The fourth-order valence-electron chi connectivity index (χ4n) is 2.66. The minimum absolute atomic E-state index is 0. The van der Waals surface area contributed by atoms with Gasteiger partial charge in [-0.05, 0) is 45.9 Å². The van der Waals surface area contributed by atoms with E-state index in [0.717, 1.165) is 26.2 Å². The largest absolute Gasteiger partial charge is 1.00 e. The molecular formula is C20H36I2N4O2. The van der Waals surface area contributed by atoms with E-state index in [4.69, 9.17) is 0 Å². The summed E-state index contributed by atoms with van der Waals surface area (Å²) in [5, 5.41) is 5.88. The molecule has 0 bridgehead atoms. The van der Waals surface area contributed by atoms with E-state index >= 15 is 0 Å². The van der Waals surface area contributed by atoms with E-state index in [9.17, 15) is 9.59 Å². The van der Waals surface area contributed by atoms with Crippen molar-refractivity contribution in [2.45, 2.75) is 27.7 Å². The molecular weight excluding hydrogens is 582 g/mol. The van der Waals surface area contributed by atoms with E-state index in [2.05, 4.69) is 52.4 Å². The zero-order valence-electron chi connectivity index (χ0n) is 18.0. The lowest BCUT2D eigenvalue weighted by Gasteiger charge is -2.31. The average molecular weight is 618 g/mol. The molecule has 6 nitrogen and oxygen atoms in total. The van der Waals surface area contributed by atoms with Gasteiger partial charge < -0.3 is 67.6 Å². The van der Waals surface area contributed by atoms with Crippen LogP contribution in [0.3, 0.4) is 0 Å². The third kappa shape index (κ3) is 9.84. The molecule has 2 amide bonds. The lowest BCUT2D eigenvalue weighted by Crippen LogP contribution is -3.00. The number of carbonyl (C=O) groups is 2. The van der Waals surface area contributed by atoms with Crippen LogP contribution >= 0.6 is 0 Å². The normalized spacial score (nSPS) is 11.1. The zero-order valence-corrected chi connectivity index (χ0v) is 22.3. The molecule has 0 radical (unpaired) electrons. The monoisotopic (exact) mass is 618 g/mol. The first-order valence-corrected chi connectivity index (χ1v) is 9.56. The number of anilines is 2. The lowest BCUT2D eigenvalue weighted by atomic mass is 10.2. The number of hydrogen-bond donors (Lipinski definition) is 2. The number of hydrogen-bond acceptors (Lipinski definition) is 2. The fraction of sp³-hybridized carbons (Fsp3) is 0.600. The minimum atomic E-state index is -0.0131. The third-order valence-electron chi connectivity index (χ3n) is 5.53. The highest BCUT2D eigenvalue weighted by atomic mass is 127. The molecule has 28 heavy (non-hydrogen) atoms. The molecule has 2 N–H and O–H groups in total. The van der Waals surface area contributed by atoms with Crippen LogP contribution in [-0.4, -0.2) is 74.1 Å². The van der Waals surface area contributed by atoms with Crippen LogP contribution in [0, 0.1) is 0 Å². The summed E-state index contributed by atoms with van der Waals surface area (Å²) in [7, 11) is 4.15. The van der Waals surface area contributed by atoms with E-state index in [-0.39, 0.29) is 59.8 Å². The van der Waals surface area contributed by atoms with Gasteiger partial charge >= 0.3 is 0 Å². The van der Waals surface area contributed by atoms with Crippen LogP contribution in [0.25, 0.3) is 0 Å². The van der Waals surface area contributed by atoms with Crippen molar-refractivity contribution in [3.05, 3.63) is 24.3 Å². The molecule has 0 aliphatic heterocycles.